The Labute approximate surface area is 158 Å². The molecule has 0 unspecified atom stereocenters. The molecular formula is C20H24N2O3S. The lowest BCUT2D eigenvalue weighted by Crippen LogP contribution is -2.44. The van der Waals surface area contributed by atoms with Gasteiger partial charge < -0.3 is 15.0 Å². The van der Waals surface area contributed by atoms with Gasteiger partial charge in [-0.15, -0.1) is 11.3 Å². The minimum atomic E-state index is -0.121. The second-order valence-electron chi connectivity index (χ2n) is 6.43. The van der Waals surface area contributed by atoms with E-state index in [2.05, 4.69) is 16.8 Å². The number of anilines is 1. The summed E-state index contributed by atoms with van der Waals surface area (Å²) in [4.78, 5) is 27.6. The molecule has 0 spiro atoms. The predicted octanol–water partition coefficient (Wildman–Crippen LogP) is 3.57. The maximum atomic E-state index is 13.1. The van der Waals surface area contributed by atoms with Crippen molar-refractivity contribution in [3.05, 3.63) is 52.2 Å². The van der Waals surface area contributed by atoms with Crippen molar-refractivity contribution < 1.29 is 14.3 Å². The molecule has 1 N–H and O–H groups in total. The average molecular weight is 372 g/mol. The van der Waals surface area contributed by atoms with Gasteiger partial charge in [-0.1, -0.05) is 6.07 Å². The second-order valence-corrected chi connectivity index (χ2v) is 7.46. The van der Waals surface area contributed by atoms with E-state index in [1.807, 2.05) is 11.0 Å². The summed E-state index contributed by atoms with van der Waals surface area (Å²) in [5.41, 5.74) is 1.35. The first-order valence-electron chi connectivity index (χ1n) is 8.92. The third-order valence-electron chi connectivity index (χ3n) is 4.52. The van der Waals surface area contributed by atoms with Crippen molar-refractivity contribution in [1.82, 2.24) is 4.90 Å². The first-order valence-corrected chi connectivity index (χ1v) is 9.80. The molecule has 2 amide bonds. The summed E-state index contributed by atoms with van der Waals surface area (Å²) >= 11 is 1.72. The van der Waals surface area contributed by atoms with E-state index < -0.39 is 0 Å². The summed E-state index contributed by atoms with van der Waals surface area (Å²) in [6, 6.07) is 11.5. The fraction of sp³-hybridized carbons (Fsp3) is 0.400. The summed E-state index contributed by atoms with van der Waals surface area (Å²) in [7, 11) is 0. The molecule has 138 valence electrons. The molecule has 26 heavy (non-hydrogen) atoms. The summed E-state index contributed by atoms with van der Waals surface area (Å²) < 4.78 is 5.46. The lowest BCUT2D eigenvalue weighted by Gasteiger charge is -2.34. The summed E-state index contributed by atoms with van der Waals surface area (Å²) in [6.07, 6.45) is 2.62. The Bertz CT molecular complexity index is 722. The Morgan fingerprint density at radius 3 is 2.54 bits per heavy atom. The van der Waals surface area contributed by atoms with Crippen molar-refractivity contribution in [2.45, 2.75) is 32.2 Å². The number of carbonyl (C=O) groups is 2. The van der Waals surface area contributed by atoms with E-state index in [1.54, 1.807) is 35.6 Å². The molecule has 1 saturated heterocycles. The van der Waals surface area contributed by atoms with Gasteiger partial charge in [0.2, 0.25) is 5.91 Å². The van der Waals surface area contributed by atoms with Crippen LogP contribution in [0, 0.1) is 0 Å². The molecule has 0 radical (unpaired) electrons. The van der Waals surface area contributed by atoms with Crippen LogP contribution in [-0.2, 0) is 16.0 Å². The van der Waals surface area contributed by atoms with E-state index in [4.69, 9.17) is 4.74 Å². The van der Waals surface area contributed by atoms with Gasteiger partial charge in [0.25, 0.3) is 5.91 Å². The minimum absolute atomic E-state index is 0.0443. The molecule has 2 heterocycles. The maximum absolute atomic E-state index is 13.1. The number of ether oxygens (including phenoxy) is 1. The summed E-state index contributed by atoms with van der Waals surface area (Å²) in [5, 5.41) is 4.79. The number of amides is 2. The smallest absolute Gasteiger partial charge is 0.254 e. The zero-order valence-corrected chi connectivity index (χ0v) is 15.8. The number of hydrogen-bond acceptors (Lipinski definition) is 4. The van der Waals surface area contributed by atoms with Crippen molar-refractivity contribution >= 4 is 28.8 Å². The number of hydrogen-bond donors (Lipinski definition) is 1. The monoisotopic (exact) mass is 372 g/mol. The highest BCUT2D eigenvalue weighted by Crippen LogP contribution is 2.20. The van der Waals surface area contributed by atoms with Crippen LogP contribution >= 0.6 is 11.3 Å². The first-order chi connectivity index (χ1) is 12.6. The molecule has 1 fully saturated rings. The molecule has 1 aromatic carbocycles. The number of carbonyl (C=O) groups excluding carboxylic acids is 2. The Morgan fingerprint density at radius 2 is 1.92 bits per heavy atom. The number of benzene rings is 1. The normalized spacial score (nSPS) is 14.8. The molecule has 6 heteroatoms. The third-order valence-corrected chi connectivity index (χ3v) is 5.46. The molecule has 2 aromatic rings. The van der Waals surface area contributed by atoms with Gasteiger partial charge in [-0.2, -0.15) is 0 Å². The Hall–Kier alpha value is -2.18. The fourth-order valence-electron chi connectivity index (χ4n) is 3.20. The van der Waals surface area contributed by atoms with Gasteiger partial charge in [-0.25, -0.2) is 0 Å². The number of thiophene rings is 1. The van der Waals surface area contributed by atoms with E-state index >= 15 is 0 Å². The van der Waals surface area contributed by atoms with Crippen LogP contribution in [0.5, 0.6) is 0 Å². The highest BCUT2D eigenvalue weighted by molar-refractivity contribution is 7.09. The fourth-order valence-corrected chi connectivity index (χ4v) is 3.90. The molecule has 0 atom stereocenters. The summed E-state index contributed by atoms with van der Waals surface area (Å²) in [6.45, 7) is 3.58. The highest BCUT2D eigenvalue weighted by atomic mass is 32.1. The van der Waals surface area contributed by atoms with Crippen molar-refractivity contribution in [1.29, 1.82) is 0 Å². The molecule has 1 aromatic heterocycles. The molecule has 5 nitrogen and oxygen atoms in total. The summed E-state index contributed by atoms with van der Waals surface area (Å²) in [5.74, 6) is -0.0771. The molecule has 3 rings (SSSR count). The SMILES string of the molecule is CC(=O)Nc1ccc(C(=O)N(CCc2cccs2)C2CCOCC2)cc1. The van der Waals surface area contributed by atoms with Gasteiger partial charge >= 0.3 is 0 Å². The molecule has 0 bridgehead atoms. The van der Waals surface area contributed by atoms with Crippen LogP contribution in [0.2, 0.25) is 0 Å². The van der Waals surface area contributed by atoms with E-state index in [0.717, 1.165) is 19.3 Å². The number of nitrogens with one attached hydrogen (secondary N) is 1. The van der Waals surface area contributed by atoms with Crippen LogP contribution < -0.4 is 5.32 Å². The molecule has 1 aliphatic rings. The van der Waals surface area contributed by atoms with Crippen LogP contribution in [-0.4, -0.2) is 42.5 Å². The zero-order valence-electron chi connectivity index (χ0n) is 14.9. The molecule has 1 aliphatic heterocycles. The quantitative estimate of drug-likeness (QED) is 0.843. The largest absolute Gasteiger partial charge is 0.381 e. The lowest BCUT2D eigenvalue weighted by molar-refractivity contribution is -0.114. The third kappa shape index (κ3) is 4.93. The Kier molecular flexibility index (Phi) is 6.41. The van der Waals surface area contributed by atoms with Gasteiger partial charge in [-0.05, 0) is 55.0 Å². The van der Waals surface area contributed by atoms with Crippen LogP contribution in [0.25, 0.3) is 0 Å². The molecule has 0 saturated carbocycles. The molecular weight excluding hydrogens is 348 g/mol. The van der Waals surface area contributed by atoms with Crippen LogP contribution in [0.3, 0.4) is 0 Å². The van der Waals surface area contributed by atoms with Gasteiger partial charge in [0.1, 0.15) is 0 Å². The van der Waals surface area contributed by atoms with E-state index in [-0.39, 0.29) is 17.9 Å². The topological polar surface area (TPSA) is 58.6 Å². The molecule has 0 aliphatic carbocycles. The standard InChI is InChI=1S/C20H24N2O3S/c1-15(23)21-17-6-4-16(5-7-17)20(24)22(18-9-12-25-13-10-18)11-8-19-3-2-14-26-19/h2-7,14,18H,8-13H2,1H3,(H,21,23). The van der Waals surface area contributed by atoms with Gasteiger partial charge in [0.15, 0.2) is 0 Å². The van der Waals surface area contributed by atoms with Gasteiger partial charge in [0.05, 0.1) is 0 Å². The van der Waals surface area contributed by atoms with Crippen molar-refractivity contribution in [2.75, 3.05) is 25.1 Å². The lowest BCUT2D eigenvalue weighted by atomic mass is 10.0. The second kappa shape index (κ2) is 8.96. The number of nitrogens with zero attached hydrogens (tertiary/aromatic N) is 1. The average Bonchev–Trinajstić information content (AvgIpc) is 3.16. The Morgan fingerprint density at radius 1 is 1.19 bits per heavy atom. The van der Waals surface area contributed by atoms with Crippen LogP contribution in [0.1, 0.15) is 35.0 Å². The Balaban J connectivity index is 1.73. The van der Waals surface area contributed by atoms with Gasteiger partial charge in [-0.3, -0.25) is 9.59 Å². The minimum Gasteiger partial charge on any atom is -0.381 e. The predicted molar refractivity (Wildman–Crippen MR) is 104 cm³/mol. The van der Waals surface area contributed by atoms with Crippen molar-refractivity contribution in [3.8, 4) is 0 Å². The van der Waals surface area contributed by atoms with Gasteiger partial charge in [0, 0.05) is 48.9 Å². The van der Waals surface area contributed by atoms with E-state index in [1.165, 1.54) is 11.8 Å². The van der Waals surface area contributed by atoms with E-state index in [0.29, 0.717) is 31.0 Å². The maximum Gasteiger partial charge on any atom is 0.254 e. The first kappa shape index (κ1) is 18.6. The number of rotatable bonds is 6. The van der Waals surface area contributed by atoms with E-state index in [9.17, 15) is 9.59 Å². The zero-order chi connectivity index (χ0) is 18.4. The highest BCUT2D eigenvalue weighted by Gasteiger charge is 2.26. The van der Waals surface area contributed by atoms with Crippen LogP contribution in [0.15, 0.2) is 41.8 Å². The van der Waals surface area contributed by atoms with Crippen molar-refractivity contribution in [2.24, 2.45) is 0 Å². The van der Waals surface area contributed by atoms with Crippen LogP contribution in [0.4, 0.5) is 5.69 Å². The van der Waals surface area contributed by atoms with Crippen molar-refractivity contribution in [3.63, 3.8) is 0 Å².